The van der Waals surface area contributed by atoms with E-state index in [1.807, 2.05) is 42.2 Å². The standard InChI is InChI=1S/C17H21N3O/c1-2-20(12-14-7-5-10-18-14)17(21)16-15-8-4-3-6-13(15)9-11-19-16/h3-4,6,8-9,11,14,18H,2,5,7,10,12H2,1H3. The van der Waals surface area contributed by atoms with E-state index < -0.39 is 0 Å². The van der Waals surface area contributed by atoms with Crippen molar-refractivity contribution in [3.63, 3.8) is 0 Å². The van der Waals surface area contributed by atoms with Crippen molar-refractivity contribution >= 4 is 16.7 Å². The first-order valence-electron chi connectivity index (χ1n) is 7.66. The van der Waals surface area contributed by atoms with E-state index >= 15 is 0 Å². The van der Waals surface area contributed by atoms with Gasteiger partial charge in [0.15, 0.2) is 0 Å². The molecule has 1 saturated heterocycles. The maximum atomic E-state index is 12.8. The average molecular weight is 283 g/mol. The van der Waals surface area contributed by atoms with Crippen LogP contribution in [0.2, 0.25) is 0 Å². The molecule has 0 bridgehead atoms. The van der Waals surface area contributed by atoms with Crippen LogP contribution < -0.4 is 5.32 Å². The molecule has 4 heteroatoms. The molecule has 0 spiro atoms. The molecule has 1 aliphatic rings. The lowest BCUT2D eigenvalue weighted by Gasteiger charge is -2.24. The Balaban J connectivity index is 1.87. The van der Waals surface area contributed by atoms with Gasteiger partial charge in [-0.2, -0.15) is 0 Å². The van der Waals surface area contributed by atoms with Crippen LogP contribution in [-0.4, -0.2) is 41.5 Å². The number of hydrogen-bond donors (Lipinski definition) is 1. The van der Waals surface area contributed by atoms with Gasteiger partial charge in [-0.05, 0) is 37.8 Å². The fourth-order valence-electron chi connectivity index (χ4n) is 2.97. The predicted molar refractivity (Wildman–Crippen MR) is 84.3 cm³/mol. The van der Waals surface area contributed by atoms with E-state index in [1.165, 1.54) is 6.42 Å². The topological polar surface area (TPSA) is 45.2 Å². The number of nitrogens with one attached hydrogen (secondary N) is 1. The molecule has 1 unspecified atom stereocenters. The van der Waals surface area contributed by atoms with Crippen LogP contribution in [0.5, 0.6) is 0 Å². The Labute approximate surface area is 125 Å². The lowest BCUT2D eigenvalue weighted by atomic mass is 10.1. The van der Waals surface area contributed by atoms with Gasteiger partial charge in [0.1, 0.15) is 5.69 Å². The molecule has 1 aromatic carbocycles. The van der Waals surface area contributed by atoms with Crippen molar-refractivity contribution in [2.45, 2.75) is 25.8 Å². The number of nitrogens with zero attached hydrogens (tertiary/aromatic N) is 2. The van der Waals surface area contributed by atoms with Crippen molar-refractivity contribution in [3.8, 4) is 0 Å². The Hall–Kier alpha value is -1.94. The molecule has 0 aliphatic carbocycles. The monoisotopic (exact) mass is 283 g/mol. The number of pyridine rings is 1. The number of likely N-dealkylation sites (N-methyl/N-ethyl adjacent to an activating group) is 1. The highest BCUT2D eigenvalue weighted by atomic mass is 16.2. The summed E-state index contributed by atoms with van der Waals surface area (Å²) >= 11 is 0. The minimum Gasteiger partial charge on any atom is -0.336 e. The molecule has 2 aromatic rings. The minimum absolute atomic E-state index is 0.0306. The van der Waals surface area contributed by atoms with E-state index in [9.17, 15) is 4.79 Å². The van der Waals surface area contributed by atoms with Crippen molar-refractivity contribution in [2.24, 2.45) is 0 Å². The Morgan fingerprint density at radius 3 is 3.00 bits per heavy atom. The van der Waals surface area contributed by atoms with E-state index in [4.69, 9.17) is 0 Å². The summed E-state index contributed by atoms with van der Waals surface area (Å²) in [6.45, 7) is 4.56. The molecule has 0 radical (unpaired) electrons. The summed E-state index contributed by atoms with van der Waals surface area (Å²) in [7, 11) is 0. The molecule has 1 aromatic heterocycles. The number of carbonyl (C=O) groups excluding carboxylic acids is 1. The van der Waals surface area contributed by atoms with Gasteiger partial charge in [-0.3, -0.25) is 9.78 Å². The van der Waals surface area contributed by atoms with Gasteiger partial charge < -0.3 is 10.2 Å². The quantitative estimate of drug-likeness (QED) is 0.937. The van der Waals surface area contributed by atoms with Crippen molar-refractivity contribution in [1.82, 2.24) is 15.2 Å². The second-order valence-corrected chi connectivity index (χ2v) is 5.52. The molecule has 4 nitrogen and oxygen atoms in total. The van der Waals surface area contributed by atoms with Gasteiger partial charge in [-0.25, -0.2) is 0 Å². The molecule has 1 fully saturated rings. The molecular formula is C17H21N3O. The zero-order chi connectivity index (χ0) is 14.7. The van der Waals surface area contributed by atoms with Crippen LogP contribution in [0, 0.1) is 0 Å². The Kier molecular flexibility index (Phi) is 4.15. The molecule has 1 N–H and O–H groups in total. The van der Waals surface area contributed by atoms with Gasteiger partial charge in [-0.1, -0.05) is 24.3 Å². The first-order chi connectivity index (χ1) is 10.3. The summed E-state index contributed by atoms with van der Waals surface area (Å²) in [5, 5.41) is 5.44. The van der Waals surface area contributed by atoms with Crippen molar-refractivity contribution in [1.29, 1.82) is 0 Å². The van der Waals surface area contributed by atoms with Gasteiger partial charge >= 0.3 is 0 Å². The molecule has 1 aliphatic heterocycles. The summed E-state index contributed by atoms with van der Waals surface area (Å²) < 4.78 is 0. The van der Waals surface area contributed by atoms with Crippen LogP contribution in [0.4, 0.5) is 0 Å². The minimum atomic E-state index is 0.0306. The largest absolute Gasteiger partial charge is 0.336 e. The van der Waals surface area contributed by atoms with E-state index in [0.717, 1.165) is 30.3 Å². The van der Waals surface area contributed by atoms with Crippen LogP contribution in [0.3, 0.4) is 0 Å². The maximum Gasteiger partial charge on any atom is 0.273 e. The smallest absolute Gasteiger partial charge is 0.273 e. The number of benzene rings is 1. The summed E-state index contributed by atoms with van der Waals surface area (Å²) in [6, 6.07) is 10.3. The number of amides is 1. The Bertz CT molecular complexity index is 629. The molecule has 2 heterocycles. The van der Waals surface area contributed by atoms with Gasteiger partial charge in [0, 0.05) is 30.7 Å². The first-order valence-corrected chi connectivity index (χ1v) is 7.66. The number of fused-ring (bicyclic) bond motifs is 1. The van der Waals surface area contributed by atoms with Crippen LogP contribution in [0.1, 0.15) is 30.3 Å². The Morgan fingerprint density at radius 2 is 2.24 bits per heavy atom. The van der Waals surface area contributed by atoms with Gasteiger partial charge in [0.25, 0.3) is 5.91 Å². The third kappa shape index (κ3) is 2.90. The highest BCUT2D eigenvalue weighted by molar-refractivity contribution is 6.05. The lowest BCUT2D eigenvalue weighted by Crippen LogP contribution is -2.41. The fourth-order valence-corrected chi connectivity index (χ4v) is 2.97. The molecule has 110 valence electrons. The third-order valence-electron chi connectivity index (χ3n) is 4.15. The number of rotatable bonds is 4. The fraction of sp³-hybridized carbons (Fsp3) is 0.412. The molecule has 0 saturated carbocycles. The molecular weight excluding hydrogens is 262 g/mol. The second kappa shape index (κ2) is 6.22. The van der Waals surface area contributed by atoms with Crippen LogP contribution >= 0.6 is 0 Å². The van der Waals surface area contributed by atoms with Crippen LogP contribution in [0.15, 0.2) is 36.5 Å². The lowest BCUT2D eigenvalue weighted by molar-refractivity contribution is 0.0747. The third-order valence-corrected chi connectivity index (χ3v) is 4.15. The number of carbonyl (C=O) groups is 1. The summed E-state index contributed by atoms with van der Waals surface area (Å²) in [5.74, 6) is 0.0306. The zero-order valence-electron chi connectivity index (χ0n) is 12.4. The molecule has 21 heavy (non-hydrogen) atoms. The van der Waals surface area contributed by atoms with E-state index in [1.54, 1.807) is 6.20 Å². The molecule has 1 amide bonds. The van der Waals surface area contributed by atoms with Crippen LogP contribution in [0.25, 0.3) is 10.8 Å². The second-order valence-electron chi connectivity index (χ2n) is 5.52. The summed E-state index contributed by atoms with van der Waals surface area (Å²) in [6.07, 6.45) is 4.06. The highest BCUT2D eigenvalue weighted by Crippen LogP contribution is 2.18. The highest BCUT2D eigenvalue weighted by Gasteiger charge is 2.23. The van der Waals surface area contributed by atoms with Gasteiger partial charge in [0.2, 0.25) is 0 Å². The average Bonchev–Trinajstić information content (AvgIpc) is 3.04. The first kappa shape index (κ1) is 14.0. The maximum absolute atomic E-state index is 12.8. The summed E-state index contributed by atoms with van der Waals surface area (Å²) in [5.41, 5.74) is 0.563. The summed E-state index contributed by atoms with van der Waals surface area (Å²) in [4.78, 5) is 19.1. The zero-order valence-corrected chi connectivity index (χ0v) is 12.4. The van der Waals surface area contributed by atoms with Crippen LogP contribution in [-0.2, 0) is 0 Å². The van der Waals surface area contributed by atoms with Gasteiger partial charge in [-0.15, -0.1) is 0 Å². The molecule has 3 rings (SSSR count). The SMILES string of the molecule is CCN(CC1CCCN1)C(=O)c1nccc2ccccc12. The number of hydrogen-bond acceptors (Lipinski definition) is 3. The van der Waals surface area contributed by atoms with Crippen molar-refractivity contribution < 1.29 is 4.79 Å². The predicted octanol–water partition coefficient (Wildman–Crippen LogP) is 2.45. The van der Waals surface area contributed by atoms with E-state index in [-0.39, 0.29) is 5.91 Å². The van der Waals surface area contributed by atoms with E-state index in [0.29, 0.717) is 18.3 Å². The number of aromatic nitrogens is 1. The molecule has 1 atom stereocenters. The van der Waals surface area contributed by atoms with Crippen molar-refractivity contribution in [3.05, 3.63) is 42.2 Å². The van der Waals surface area contributed by atoms with Gasteiger partial charge in [0.05, 0.1) is 0 Å². The van der Waals surface area contributed by atoms with Crippen molar-refractivity contribution in [2.75, 3.05) is 19.6 Å². The normalized spacial score (nSPS) is 18.0. The van der Waals surface area contributed by atoms with E-state index in [2.05, 4.69) is 10.3 Å². The Morgan fingerprint density at radius 1 is 1.38 bits per heavy atom.